The molecule has 0 spiro atoms. The summed E-state index contributed by atoms with van der Waals surface area (Å²) in [6, 6.07) is 7.21. The van der Waals surface area contributed by atoms with Crippen LogP contribution in [0.5, 0.6) is 0 Å². The maximum absolute atomic E-state index is 12.4. The molecule has 3 heteroatoms. The van der Waals surface area contributed by atoms with Gasteiger partial charge in [-0.15, -0.1) is 0 Å². The van der Waals surface area contributed by atoms with Crippen molar-refractivity contribution in [2.24, 2.45) is 11.8 Å². The summed E-state index contributed by atoms with van der Waals surface area (Å²) in [4.78, 5) is 0.478. The van der Waals surface area contributed by atoms with E-state index in [0.29, 0.717) is 22.5 Å². The van der Waals surface area contributed by atoms with Gasteiger partial charge in [-0.25, -0.2) is 8.42 Å². The van der Waals surface area contributed by atoms with Gasteiger partial charge in [-0.1, -0.05) is 43.9 Å². The van der Waals surface area contributed by atoms with Crippen LogP contribution in [-0.2, 0) is 9.84 Å². The summed E-state index contributed by atoms with van der Waals surface area (Å²) in [6.07, 6.45) is 4.67. The molecule has 100 valence electrons. The first-order valence-corrected chi connectivity index (χ1v) is 8.44. The van der Waals surface area contributed by atoms with Crippen LogP contribution in [0.4, 0.5) is 0 Å². The van der Waals surface area contributed by atoms with Gasteiger partial charge in [-0.05, 0) is 37.3 Å². The van der Waals surface area contributed by atoms with E-state index in [2.05, 4.69) is 6.92 Å². The monoisotopic (exact) mass is 266 g/mol. The maximum atomic E-state index is 12.4. The molecule has 2 rings (SSSR count). The number of rotatable bonds is 3. The van der Waals surface area contributed by atoms with Gasteiger partial charge in [0.05, 0.1) is 10.6 Å². The number of hydrogen-bond acceptors (Lipinski definition) is 2. The van der Waals surface area contributed by atoms with Crippen molar-refractivity contribution in [1.29, 1.82) is 0 Å². The molecule has 2 nitrogen and oxygen atoms in total. The fraction of sp³-hybridized carbons (Fsp3) is 0.600. The Morgan fingerprint density at radius 1 is 1.11 bits per heavy atom. The summed E-state index contributed by atoms with van der Waals surface area (Å²) < 4.78 is 24.7. The van der Waals surface area contributed by atoms with Gasteiger partial charge in [0.1, 0.15) is 0 Å². The van der Waals surface area contributed by atoms with E-state index in [1.165, 1.54) is 19.3 Å². The molecular formula is C15H22O2S. The SMILES string of the molecule is Cc1ccc(S(=O)(=O)C[C@H]2CCCC[C@@H]2C)cc1. The molecule has 0 N–H and O–H groups in total. The topological polar surface area (TPSA) is 34.1 Å². The minimum absolute atomic E-state index is 0.317. The average Bonchev–Trinajstić information content (AvgIpc) is 2.32. The van der Waals surface area contributed by atoms with E-state index in [1.807, 2.05) is 19.1 Å². The van der Waals surface area contributed by atoms with Gasteiger partial charge in [0.25, 0.3) is 0 Å². The summed E-state index contributed by atoms with van der Waals surface area (Å²) >= 11 is 0. The Hall–Kier alpha value is -0.830. The summed E-state index contributed by atoms with van der Waals surface area (Å²) in [5.74, 6) is 1.20. The molecule has 18 heavy (non-hydrogen) atoms. The van der Waals surface area contributed by atoms with Gasteiger partial charge >= 0.3 is 0 Å². The fourth-order valence-corrected chi connectivity index (χ4v) is 4.57. The lowest BCUT2D eigenvalue weighted by molar-refractivity contribution is 0.279. The molecule has 0 radical (unpaired) electrons. The molecule has 1 saturated carbocycles. The van der Waals surface area contributed by atoms with Crippen molar-refractivity contribution in [2.45, 2.75) is 44.4 Å². The van der Waals surface area contributed by atoms with Crippen LogP contribution < -0.4 is 0 Å². The number of sulfone groups is 1. The molecule has 2 atom stereocenters. The standard InChI is InChI=1S/C15H22O2S/c1-12-7-9-15(10-8-12)18(16,17)11-14-6-4-3-5-13(14)2/h7-10,13-14H,3-6,11H2,1-2H3/t13-,14+/m0/s1. The summed E-state index contributed by atoms with van der Waals surface area (Å²) in [5, 5.41) is 0. The Labute approximate surface area is 110 Å². The predicted molar refractivity (Wildman–Crippen MR) is 74.4 cm³/mol. The second kappa shape index (κ2) is 5.43. The van der Waals surface area contributed by atoms with Crippen molar-refractivity contribution in [3.8, 4) is 0 Å². The highest BCUT2D eigenvalue weighted by Gasteiger charge is 2.27. The molecule has 0 aromatic heterocycles. The molecule has 1 aliphatic carbocycles. The molecule has 0 unspecified atom stereocenters. The van der Waals surface area contributed by atoms with E-state index >= 15 is 0 Å². The Kier molecular flexibility index (Phi) is 4.10. The average molecular weight is 266 g/mol. The van der Waals surface area contributed by atoms with Crippen LogP contribution in [0.25, 0.3) is 0 Å². The molecule has 1 aromatic rings. The molecule has 0 aliphatic heterocycles. The lowest BCUT2D eigenvalue weighted by Crippen LogP contribution is -2.25. The fourth-order valence-electron chi connectivity index (χ4n) is 2.76. The highest BCUT2D eigenvalue weighted by atomic mass is 32.2. The Balaban J connectivity index is 2.13. The van der Waals surface area contributed by atoms with Crippen molar-refractivity contribution >= 4 is 9.84 Å². The largest absolute Gasteiger partial charge is 0.224 e. The third-order valence-electron chi connectivity index (χ3n) is 4.10. The normalized spacial score (nSPS) is 25.0. The number of benzene rings is 1. The van der Waals surface area contributed by atoms with Gasteiger partial charge in [-0.2, -0.15) is 0 Å². The first-order valence-electron chi connectivity index (χ1n) is 6.78. The molecule has 0 amide bonds. The van der Waals surface area contributed by atoms with Crippen LogP contribution in [0, 0.1) is 18.8 Å². The second-order valence-electron chi connectivity index (χ2n) is 5.62. The van der Waals surface area contributed by atoms with Gasteiger partial charge < -0.3 is 0 Å². The first-order chi connectivity index (χ1) is 8.49. The Morgan fingerprint density at radius 2 is 1.72 bits per heavy atom. The van der Waals surface area contributed by atoms with E-state index in [-0.39, 0.29) is 0 Å². The minimum atomic E-state index is -3.11. The zero-order valence-corrected chi connectivity index (χ0v) is 12.0. The molecule has 1 fully saturated rings. The lowest BCUT2D eigenvalue weighted by Gasteiger charge is -2.28. The van der Waals surface area contributed by atoms with Crippen LogP contribution in [0.3, 0.4) is 0 Å². The summed E-state index contributed by atoms with van der Waals surface area (Å²) in [7, 11) is -3.11. The van der Waals surface area contributed by atoms with Gasteiger partial charge in [0, 0.05) is 0 Å². The molecule has 0 heterocycles. The Bertz CT molecular complexity index is 488. The summed E-state index contributed by atoms with van der Waals surface area (Å²) in [6.45, 7) is 4.16. The van der Waals surface area contributed by atoms with Crippen molar-refractivity contribution in [3.05, 3.63) is 29.8 Å². The smallest absolute Gasteiger partial charge is 0.178 e. The highest BCUT2D eigenvalue weighted by molar-refractivity contribution is 7.91. The van der Waals surface area contributed by atoms with Crippen molar-refractivity contribution < 1.29 is 8.42 Å². The van der Waals surface area contributed by atoms with Crippen LogP contribution >= 0.6 is 0 Å². The lowest BCUT2D eigenvalue weighted by atomic mass is 9.82. The van der Waals surface area contributed by atoms with Crippen molar-refractivity contribution in [2.75, 3.05) is 5.75 Å². The molecular weight excluding hydrogens is 244 g/mol. The van der Waals surface area contributed by atoms with Gasteiger partial charge in [0.2, 0.25) is 0 Å². The zero-order chi connectivity index (χ0) is 13.2. The van der Waals surface area contributed by atoms with Crippen LogP contribution in [-0.4, -0.2) is 14.2 Å². The molecule has 0 bridgehead atoms. The van der Waals surface area contributed by atoms with Crippen molar-refractivity contribution in [3.63, 3.8) is 0 Å². The minimum Gasteiger partial charge on any atom is -0.224 e. The van der Waals surface area contributed by atoms with E-state index in [9.17, 15) is 8.42 Å². The third kappa shape index (κ3) is 3.14. The van der Waals surface area contributed by atoms with E-state index in [4.69, 9.17) is 0 Å². The third-order valence-corrected chi connectivity index (χ3v) is 5.96. The van der Waals surface area contributed by atoms with Crippen molar-refractivity contribution in [1.82, 2.24) is 0 Å². The van der Waals surface area contributed by atoms with Gasteiger partial charge in [0.15, 0.2) is 9.84 Å². The Morgan fingerprint density at radius 3 is 2.33 bits per heavy atom. The summed E-state index contributed by atoms with van der Waals surface area (Å²) in [5.41, 5.74) is 1.10. The van der Waals surface area contributed by atoms with E-state index < -0.39 is 9.84 Å². The molecule has 1 aromatic carbocycles. The van der Waals surface area contributed by atoms with Crippen LogP contribution in [0.15, 0.2) is 29.2 Å². The predicted octanol–water partition coefficient (Wildman–Crippen LogP) is 3.60. The van der Waals surface area contributed by atoms with Crippen LogP contribution in [0.2, 0.25) is 0 Å². The zero-order valence-electron chi connectivity index (χ0n) is 11.2. The second-order valence-corrected chi connectivity index (χ2v) is 7.65. The first kappa shape index (κ1) is 13.6. The molecule has 0 saturated heterocycles. The maximum Gasteiger partial charge on any atom is 0.178 e. The quantitative estimate of drug-likeness (QED) is 0.837. The number of hydrogen-bond donors (Lipinski definition) is 0. The highest BCUT2D eigenvalue weighted by Crippen LogP contribution is 2.31. The number of aryl methyl sites for hydroxylation is 1. The van der Waals surface area contributed by atoms with E-state index in [0.717, 1.165) is 12.0 Å². The van der Waals surface area contributed by atoms with E-state index in [1.54, 1.807) is 12.1 Å². The van der Waals surface area contributed by atoms with Gasteiger partial charge in [-0.3, -0.25) is 0 Å². The molecule has 1 aliphatic rings. The van der Waals surface area contributed by atoms with Crippen LogP contribution in [0.1, 0.15) is 38.2 Å².